The van der Waals surface area contributed by atoms with Crippen LogP contribution in [-0.2, 0) is 6.54 Å². The van der Waals surface area contributed by atoms with Crippen LogP contribution in [0.2, 0.25) is 0 Å². The van der Waals surface area contributed by atoms with Crippen LogP contribution in [0.25, 0.3) is 0 Å². The van der Waals surface area contributed by atoms with Gasteiger partial charge in [0, 0.05) is 12.7 Å². The van der Waals surface area contributed by atoms with Gasteiger partial charge < -0.3 is 15.4 Å². The second kappa shape index (κ2) is 3.36. The van der Waals surface area contributed by atoms with Gasteiger partial charge in [0.15, 0.2) is 0 Å². The zero-order valence-electron chi connectivity index (χ0n) is 6.77. The molecule has 0 aromatic carbocycles. The van der Waals surface area contributed by atoms with Crippen molar-refractivity contribution < 1.29 is 9.90 Å². The Labute approximate surface area is 69.8 Å². The summed E-state index contributed by atoms with van der Waals surface area (Å²) in [5.41, 5.74) is 5.20. The molecule has 1 rings (SSSR count). The van der Waals surface area contributed by atoms with E-state index in [2.05, 4.69) is 4.98 Å². The number of rotatable bonds is 3. The van der Waals surface area contributed by atoms with Crippen LogP contribution in [0, 0.1) is 0 Å². The number of hydrogen-bond donors (Lipinski definition) is 2. The van der Waals surface area contributed by atoms with Gasteiger partial charge in [0.2, 0.25) is 0 Å². The first-order valence-electron chi connectivity index (χ1n) is 3.59. The van der Waals surface area contributed by atoms with Crippen molar-refractivity contribution in [3.05, 3.63) is 18.2 Å². The molecule has 5 heteroatoms. The fraction of sp³-hybridized carbons (Fsp3) is 0.429. The second-order valence-electron chi connectivity index (χ2n) is 2.67. The summed E-state index contributed by atoms with van der Waals surface area (Å²) in [7, 11) is 0. The predicted octanol–water partition coefficient (Wildman–Crippen LogP) is -0.637. The number of hydrogen-bond acceptors (Lipinski definition) is 3. The van der Waals surface area contributed by atoms with E-state index in [1.807, 2.05) is 0 Å². The topological polar surface area (TPSA) is 81.1 Å². The lowest BCUT2D eigenvalue weighted by molar-refractivity contribution is 0.0995. The zero-order chi connectivity index (χ0) is 9.14. The molecule has 0 fully saturated rings. The Morgan fingerprint density at radius 2 is 2.58 bits per heavy atom. The van der Waals surface area contributed by atoms with E-state index in [1.165, 1.54) is 12.5 Å². The van der Waals surface area contributed by atoms with E-state index in [-0.39, 0.29) is 5.69 Å². The molecule has 0 aliphatic rings. The number of aromatic nitrogens is 2. The SMILES string of the molecule is CC(O)Cn1cnc(C(N)=O)c1. The molecule has 1 aromatic rings. The van der Waals surface area contributed by atoms with E-state index in [0.717, 1.165) is 0 Å². The zero-order valence-corrected chi connectivity index (χ0v) is 6.77. The minimum Gasteiger partial charge on any atom is -0.392 e. The van der Waals surface area contributed by atoms with E-state index in [1.54, 1.807) is 11.5 Å². The number of nitrogens with zero attached hydrogens (tertiary/aromatic N) is 2. The second-order valence-corrected chi connectivity index (χ2v) is 2.67. The van der Waals surface area contributed by atoms with Gasteiger partial charge in [0.05, 0.1) is 12.4 Å². The first-order valence-corrected chi connectivity index (χ1v) is 3.59. The van der Waals surface area contributed by atoms with Crippen LogP contribution in [0.3, 0.4) is 0 Å². The minimum atomic E-state index is -0.556. The van der Waals surface area contributed by atoms with Crippen LogP contribution in [0.4, 0.5) is 0 Å². The molecule has 1 unspecified atom stereocenters. The monoisotopic (exact) mass is 169 g/mol. The summed E-state index contributed by atoms with van der Waals surface area (Å²) in [5.74, 6) is -0.556. The maximum atomic E-state index is 10.6. The van der Waals surface area contributed by atoms with Crippen LogP contribution >= 0.6 is 0 Å². The fourth-order valence-corrected chi connectivity index (χ4v) is 0.892. The van der Waals surface area contributed by atoms with Crippen LogP contribution in [0.15, 0.2) is 12.5 Å². The number of aliphatic hydroxyl groups is 1. The van der Waals surface area contributed by atoms with Crippen molar-refractivity contribution in [2.24, 2.45) is 5.73 Å². The molecule has 1 amide bonds. The minimum absolute atomic E-state index is 0.218. The van der Waals surface area contributed by atoms with Gasteiger partial charge in [-0.15, -0.1) is 0 Å². The van der Waals surface area contributed by atoms with Crippen LogP contribution in [0.5, 0.6) is 0 Å². The Kier molecular flexibility index (Phi) is 2.44. The number of imidazole rings is 1. The summed E-state index contributed by atoms with van der Waals surface area (Å²) < 4.78 is 1.62. The summed E-state index contributed by atoms with van der Waals surface area (Å²) in [5, 5.41) is 8.99. The highest BCUT2D eigenvalue weighted by Crippen LogP contribution is 1.96. The highest BCUT2D eigenvalue weighted by atomic mass is 16.3. The van der Waals surface area contributed by atoms with Gasteiger partial charge >= 0.3 is 0 Å². The number of aliphatic hydroxyl groups excluding tert-OH is 1. The first-order chi connectivity index (χ1) is 5.59. The lowest BCUT2D eigenvalue weighted by Gasteiger charge is -2.02. The van der Waals surface area contributed by atoms with Crippen molar-refractivity contribution in [2.45, 2.75) is 19.6 Å². The molecule has 5 nitrogen and oxygen atoms in total. The van der Waals surface area contributed by atoms with Gasteiger partial charge in [-0.3, -0.25) is 4.79 Å². The molecule has 0 saturated carbocycles. The summed E-state index contributed by atoms with van der Waals surface area (Å²) in [6, 6.07) is 0. The third-order valence-electron chi connectivity index (χ3n) is 1.36. The number of amides is 1. The standard InChI is InChI=1S/C7H11N3O2/c1-5(11)2-10-3-6(7(8)12)9-4-10/h3-5,11H,2H2,1H3,(H2,8,12). The van der Waals surface area contributed by atoms with Crippen molar-refractivity contribution in [1.29, 1.82) is 0 Å². The van der Waals surface area contributed by atoms with Gasteiger partial charge in [-0.2, -0.15) is 0 Å². The molecule has 1 atom stereocenters. The molecule has 3 N–H and O–H groups in total. The molecule has 0 aliphatic carbocycles. The third-order valence-corrected chi connectivity index (χ3v) is 1.36. The summed E-state index contributed by atoms with van der Waals surface area (Å²) in [4.78, 5) is 14.3. The molecule has 0 spiro atoms. The van der Waals surface area contributed by atoms with Crippen molar-refractivity contribution in [2.75, 3.05) is 0 Å². The fourth-order valence-electron chi connectivity index (χ4n) is 0.892. The molecule has 66 valence electrons. The molecule has 1 aromatic heterocycles. The average molecular weight is 169 g/mol. The molecule has 0 radical (unpaired) electrons. The van der Waals surface area contributed by atoms with Gasteiger partial charge in [-0.25, -0.2) is 4.98 Å². The van der Waals surface area contributed by atoms with E-state index in [9.17, 15) is 4.79 Å². The Bertz CT molecular complexity index is 280. The summed E-state index contributed by atoms with van der Waals surface area (Å²) >= 11 is 0. The van der Waals surface area contributed by atoms with Gasteiger partial charge in [0.1, 0.15) is 5.69 Å². The normalized spacial score (nSPS) is 12.8. The average Bonchev–Trinajstić information content (AvgIpc) is 2.34. The van der Waals surface area contributed by atoms with Crippen LogP contribution in [0.1, 0.15) is 17.4 Å². The maximum Gasteiger partial charge on any atom is 0.268 e. The Morgan fingerprint density at radius 3 is 3.00 bits per heavy atom. The third kappa shape index (κ3) is 2.06. The van der Waals surface area contributed by atoms with Gasteiger partial charge in [0.25, 0.3) is 5.91 Å². The highest BCUT2D eigenvalue weighted by Gasteiger charge is 2.04. The Morgan fingerprint density at radius 1 is 1.92 bits per heavy atom. The van der Waals surface area contributed by atoms with Gasteiger partial charge in [-0.05, 0) is 6.92 Å². The Hall–Kier alpha value is -1.36. The van der Waals surface area contributed by atoms with Crippen LogP contribution in [-0.4, -0.2) is 26.7 Å². The van der Waals surface area contributed by atoms with Crippen molar-refractivity contribution in [3.63, 3.8) is 0 Å². The van der Waals surface area contributed by atoms with E-state index in [4.69, 9.17) is 10.8 Å². The number of primary amides is 1. The largest absolute Gasteiger partial charge is 0.392 e. The molecule has 0 aliphatic heterocycles. The lowest BCUT2D eigenvalue weighted by atomic mass is 10.4. The molecular weight excluding hydrogens is 158 g/mol. The summed E-state index contributed by atoms with van der Waals surface area (Å²) in [6.45, 7) is 2.07. The van der Waals surface area contributed by atoms with E-state index < -0.39 is 12.0 Å². The maximum absolute atomic E-state index is 10.6. The van der Waals surface area contributed by atoms with Crippen molar-refractivity contribution in [3.8, 4) is 0 Å². The van der Waals surface area contributed by atoms with Gasteiger partial charge in [-0.1, -0.05) is 0 Å². The predicted molar refractivity (Wildman–Crippen MR) is 42.4 cm³/mol. The molecule has 0 bridgehead atoms. The van der Waals surface area contributed by atoms with E-state index >= 15 is 0 Å². The number of carbonyl (C=O) groups excluding carboxylic acids is 1. The molecule has 12 heavy (non-hydrogen) atoms. The lowest BCUT2D eigenvalue weighted by Crippen LogP contribution is -2.12. The highest BCUT2D eigenvalue weighted by molar-refractivity contribution is 5.90. The Balaban J connectivity index is 2.71. The molecular formula is C7H11N3O2. The van der Waals surface area contributed by atoms with Crippen molar-refractivity contribution in [1.82, 2.24) is 9.55 Å². The smallest absolute Gasteiger partial charge is 0.268 e. The quantitative estimate of drug-likeness (QED) is 0.631. The first kappa shape index (κ1) is 8.73. The van der Waals surface area contributed by atoms with Crippen molar-refractivity contribution >= 4 is 5.91 Å². The van der Waals surface area contributed by atoms with E-state index in [0.29, 0.717) is 6.54 Å². The summed E-state index contributed by atoms with van der Waals surface area (Å²) in [6.07, 6.45) is 2.52. The number of nitrogens with two attached hydrogens (primary N) is 1. The van der Waals surface area contributed by atoms with Crippen LogP contribution < -0.4 is 5.73 Å². The number of carbonyl (C=O) groups is 1. The molecule has 1 heterocycles. The molecule has 0 saturated heterocycles.